The number of anilines is 1. The van der Waals surface area contributed by atoms with E-state index in [2.05, 4.69) is 25.3 Å². The maximum absolute atomic E-state index is 14.2. The van der Waals surface area contributed by atoms with Gasteiger partial charge in [0.15, 0.2) is 17.5 Å². The Hall–Kier alpha value is -2.29. The molecule has 0 spiro atoms. The van der Waals surface area contributed by atoms with Gasteiger partial charge >= 0.3 is 0 Å². The number of aliphatic hydroxyl groups excluding tert-OH is 2. The van der Waals surface area contributed by atoms with Crippen LogP contribution in [0.1, 0.15) is 19.3 Å². The highest BCUT2D eigenvalue weighted by Crippen LogP contribution is 2.29. The summed E-state index contributed by atoms with van der Waals surface area (Å²) in [6.07, 6.45) is 4.37. The van der Waals surface area contributed by atoms with Gasteiger partial charge in [-0.25, -0.2) is 19.3 Å². The summed E-state index contributed by atoms with van der Waals surface area (Å²) in [6, 6.07) is 1.26. The highest BCUT2D eigenvalue weighted by atomic mass is 35.5. The summed E-state index contributed by atoms with van der Waals surface area (Å²) in [6.45, 7) is 0. The molecule has 136 valence electrons. The lowest BCUT2D eigenvalue weighted by Crippen LogP contribution is -2.45. The summed E-state index contributed by atoms with van der Waals surface area (Å²) in [5, 5.41) is 24.0. The number of pyridine rings is 1. The Labute approximate surface area is 153 Å². The summed E-state index contributed by atoms with van der Waals surface area (Å²) in [5.74, 6) is -0.343. The lowest BCUT2D eigenvalue weighted by Gasteiger charge is -2.32. The summed E-state index contributed by atoms with van der Waals surface area (Å²) in [7, 11) is 0. The fourth-order valence-corrected chi connectivity index (χ4v) is 3.41. The predicted molar refractivity (Wildman–Crippen MR) is 95.4 cm³/mol. The van der Waals surface area contributed by atoms with Crippen LogP contribution >= 0.6 is 11.6 Å². The summed E-state index contributed by atoms with van der Waals surface area (Å²) >= 11 is 6.01. The van der Waals surface area contributed by atoms with E-state index in [9.17, 15) is 14.6 Å². The maximum atomic E-state index is 14.2. The van der Waals surface area contributed by atoms with Crippen LogP contribution in [0.15, 0.2) is 24.7 Å². The molecule has 0 amide bonds. The largest absolute Gasteiger partial charge is 0.390 e. The molecule has 3 atom stereocenters. The lowest BCUT2D eigenvalue weighted by molar-refractivity contribution is -0.0162. The molecule has 3 aromatic rings. The number of aliphatic hydroxyl groups is 2. The van der Waals surface area contributed by atoms with Gasteiger partial charge in [0.1, 0.15) is 5.65 Å². The Morgan fingerprint density at radius 3 is 2.92 bits per heavy atom. The summed E-state index contributed by atoms with van der Waals surface area (Å²) in [5.41, 5.74) is 1.26. The molecule has 3 heterocycles. The van der Waals surface area contributed by atoms with Crippen molar-refractivity contribution in [1.82, 2.24) is 19.9 Å². The van der Waals surface area contributed by atoms with Crippen molar-refractivity contribution in [2.45, 2.75) is 37.5 Å². The molecule has 0 radical (unpaired) electrons. The van der Waals surface area contributed by atoms with Gasteiger partial charge in [0.2, 0.25) is 0 Å². The number of nitrogens with zero attached hydrogens (tertiary/aromatic N) is 3. The molecule has 1 saturated carbocycles. The van der Waals surface area contributed by atoms with E-state index in [1.165, 1.54) is 6.20 Å². The number of aromatic nitrogens is 4. The van der Waals surface area contributed by atoms with E-state index in [4.69, 9.17) is 11.6 Å². The number of rotatable bonds is 3. The Balaban J connectivity index is 1.68. The Morgan fingerprint density at radius 1 is 1.23 bits per heavy atom. The van der Waals surface area contributed by atoms with E-state index >= 15 is 0 Å². The predicted octanol–water partition coefficient (Wildman–Crippen LogP) is 2.50. The first-order chi connectivity index (χ1) is 12.5. The fourth-order valence-electron chi connectivity index (χ4n) is 3.25. The maximum Gasteiger partial charge on any atom is 0.183 e. The second kappa shape index (κ2) is 6.79. The first-order valence-corrected chi connectivity index (χ1v) is 8.69. The van der Waals surface area contributed by atoms with Gasteiger partial charge in [-0.15, -0.1) is 0 Å². The van der Waals surface area contributed by atoms with Crippen LogP contribution < -0.4 is 5.32 Å². The van der Waals surface area contributed by atoms with Gasteiger partial charge < -0.3 is 20.5 Å². The van der Waals surface area contributed by atoms with Crippen molar-refractivity contribution in [2.75, 3.05) is 5.32 Å². The van der Waals surface area contributed by atoms with Crippen molar-refractivity contribution in [3.63, 3.8) is 0 Å². The topological polar surface area (TPSA) is 107 Å². The second-order valence-electron chi connectivity index (χ2n) is 6.38. The molecule has 0 unspecified atom stereocenters. The molecule has 4 rings (SSSR count). The number of fused-ring (bicyclic) bond motifs is 1. The third-order valence-corrected chi connectivity index (χ3v) is 4.83. The molecule has 1 fully saturated rings. The van der Waals surface area contributed by atoms with E-state index in [0.717, 1.165) is 18.0 Å². The molecule has 0 saturated heterocycles. The molecule has 26 heavy (non-hydrogen) atoms. The molecular weight excluding hydrogens is 361 g/mol. The van der Waals surface area contributed by atoms with Gasteiger partial charge in [0, 0.05) is 23.3 Å². The van der Waals surface area contributed by atoms with Crippen molar-refractivity contribution < 1.29 is 14.6 Å². The molecule has 7 nitrogen and oxygen atoms in total. The van der Waals surface area contributed by atoms with E-state index in [1.807, 2.05) is 0 Å². The van der Waals surface area contributed by atoms with E-state index in [-0.39, 0.29) is 5.82 Å². The van der Waals surface area contributed by atoms with Crippen LogP contribution in [0.4, 0.5) is 10.2 Å². The molecule has 3 aromatic heterocycles. The first-order valence-electron chi connectivity index (χ1n) is 8.31. The van der Waals surface area contributed by atoms with Gasteiger partial charge in [0.05, 0.1) is 29.5 Å². The zero-order valence-corrected chi connectivity index (χ0v) is 14.4. The third-order valence-electron chi connectivity index (χ3n) is 4.63. The number of nitrogens with one attached hydrogen (secondary N) is 2. The smallest absolute Gasteiger partial charge is 0.183 e. The van der Waals surface area contributed by atoms with Crippen LogP contribution in [0.5, 0.6) is 0 Å². The molecule has 0 aliphatic heterocycles. The Morgan fingerprint density at radius 2 is 2.08 bits per heavy atom. The molecular formula is C17H17ClFN5O2. The van der Waals surface area contributed by atoms with Crippen molar-refractivity contribution in [2.24, 2.45) is 0 Å². The minimum Gasteiger partial charge on any atom is -0.390 e. The molecule has 0 bridgehead atoms. The minimum absolute atomic E-state index is 0.0162. The standard InChI is InChI=1S/C17H17ClFN5O2/c18-8-4-9-10(6-21-15(9)20-5-8)16-22-7-11(19)17(24-16)23-12-2-1-3-13(25)14(12)26/h4-7,12-14,25-26H,1-3H2,(H,20,21)(H,22,23,24)/t12-,13+,14-/m0/s1. The molecule has 1 aliphatic rings. The van der Waals surface area contributed by atoms with Gasteiger partial charge in [0.25, 0.3) is 0 Å². The normalized spacial score (nSPS) is 23.3. The lowest BCUT2D eigenvalue weighted by atomic mass is 9.90. The van der Waals surface area contributed by atoms with E-state index in [1.54, 1.807) is 12.3 Å². The van der Waals surface area contributed by atoms with Crippen LogP contribution in [0.2, 0.25) is 5.02 Å². The quantitative estimate of drug-likeness (QED) is 0.558. The van der Waals surface area contributed by atoms with Gasteiger partial charge in [-0.3, -0.25) is 0 Å². The van der Waals surface area contributed by atoms with Crippen LogP contribution in [-0.4, -0.2) is 48.4 Å². The zero-order valence-electron chi connectivity index (χ0n) is 13.7. The Bertz CT molecular complexity index is 950. The number of hydrogen-bond donors (Lipinski definition) is 4. The zero-order chi connectivity index (χ0) is 18.3. The number of hydrogen-bond acceptors (Lipinski definition) is 6. The van der Waals surface area contributed by atoms with Crippen LogP contribution in [0.3, 0.4) is 0 Å². The van der Waals surface area contributed by atoms with Gasteiger partial charge in [-0.1, -0.05) is 11.6 Å². The van der Waals surface area contributed by atoms with Crippen molar-refractivity contribution in [3.05, 3.63) is 35.5 Å². The average molecular weight is 378 g/mol. The van der Waals surface area contributed by atoms with Gasteiger partial charge in [-0.05, 0) is 25.3 Å². The van der Waals surface area contributed by atoms with Crippen LogP contribution in [0, 0.1) is 5.82 Å². The van der Waals surface area contributed by atoms with Crippen molar-refractivity contribution in [1.29, 1.82) is 0 Å². The average Bonchev–Trinajstić information content (AvgIpc) is 3.04. The summed E-state index contributed by atoms with van der Waals surface area (Å²) in [4.78, 5) is 15.5. The molecule has 1 aliphatic carbocycles. The SMILES string of the molecule is O[C@@H]1[C@H](O)CCC[C@@H]1Nc1nc(-c2c[nH]c3ncc(Cl)cc23)ncc1F. The number of aromatic amines is 1. The number of H-pyrrole nitrogens is 1. The van der Waals surface area contributed by atoms with E-state index in [0.29, 0.717) is 34.9 Å². The number of halogens is 2. The fraction of sp³-hybridized carbons (Fsp3) is 0.353. The third kappa shape index (κ3) is 3.11. The molecule has 9 heteroatoms. The first kappa shape index (κ1) is 17.1. The van der Waals surface area contributed by atoms with Crippen LogP contribution in [0.25, 0.3) is 22.4 Å². The van der Waals surface area contributed by atoms with Crippen LogP contribution in [-0.2, 0) is 0 Å². The molecule has 0 aromatic carbocycles. The summed E-state index contributed by atoms with van der Waals surface area (Å²) < 4.78 is 14.2. The molecule has 4 N–H and O–H groups in total. The van der Waals surface area contributed by atoms with Crippen molar-refractivity contribution in [3.8, 4) is 11.4 Å². The minimum atomic E-state index is -0.974. The van der Waals surface area contributed by atoms with Gasteiger partial charge in [-0.2, -0.15) is 0 Å². The monoisotopic (exact) mass is 377 g/mol. The highest BCUT2D eigenvalue weighted by Gasteiger charge is 2.31. The second-order valence-corrected chi connectivity index (χ2v) is 6.82. The van der Waals surface area contributed by atoms with E-state index < -0.39 is 24.1 Å². The highest BCUT2D eigenvalue weighted by molar-refractivity contribution is 6.31. The van der Waals surface area contributed by atoms with Crippen molar-refractivity contribution >= 4 is 28.5 Å². The Kier molecular flexibility index (Phi) is 4.47.